The van der Waals surface area contributed by atoms with Gasteiger partial charge in [-0.2, -0.15) is 0 Å². The minimum atomic E-state index is -0.787. The Bertz CT molecular complexity index is 977. The zero-order valence-corrected chi connectivity index (χ0v) is 39.4. The van der Waals surface area contributed by atoms with E-state index < -0.39 is 18.2 Å². The number of hydrogen-bond acceptors (Lipinski definition) is 5. The quantitative estimate of drug-likeness (QED) is 0.0323. The fourth-order valence-electron chi connectivity index (χ4n) is 7.86. The Morgan fingerprint density at radius 2 is 0.915 bits per heavy atom. The molecule has 59 heavy (non-hydrogen) atoms. The molecule has 0 aliphatic rings. The average molecular weight is 830 g/mol. The van der Waals surface area contributed by atoms with Crippen LogP contribution in [-0.2, 0) is 14.3 Å². The first-order valence-corrected chi connectivity index (χ1v) is 25.7. The molecule has 0 saturated carbocycles. The molecule has 3 unspecified atom stereocenters. The van der Waals surface area contributed by atoms with E-state index in [1.54, 1.807) is 0 Å². The van der Waals surface area contributed by atoms with Gasteiger partial charge in [-0.3, -0.25) is 9.59 Å². The largest absolute Gasteiger partial charge is 0.462 e. The molecule has 1 amide bonds. The Hall–Kier alpha value is -1.92. The van der Waals surface area contributed by atoms with Crippen LogP contribution in [0.15, 0.2) is 36.5 Å². The van der Waals surface area contributed by atoms with Crippen molar-refractivity contribution >= 4 is 11.9 Å². The van der Waals surface area contributed by atoms with Gasteiger partial charge in [-0.15, -0.1) is 0 Å². The molecule has 0 fully saturated rings. The SMILES string of the molecule is CC/C=C/C/C=C/C/C=C/CCCCCCC(=O)OC(CCCCCCCCCCCCCCCCCCC)CC(=O)NC(CO)C(O)CCCCCCCCCCC. The molecule has 0 heterocycles. The molecular formula is C53H99NO5. The normalized spacial score (nSPS) is 13.5. The predicted octanol–water partition coefficient (Wildman–Crippen LogP) is 15.3. The lowest BCUT2D eigenvalue weighted by Crippen LogP contribution is -2.46. The number of amides is 1. The highest BCUT2D eigenvalue weighted by atomic mass is 16.5. The van der Waals surface area contributed by atoms with Gasteiger partial charge in [0.25, 0.3) is 0 Å². The second kappa shape index (κ2) is 47.1. The summed E-state index contributed by atoms with van der Waals surface area (Å²) >= 11 is 0. The topological polar surface area (TPSA) is 95.9 Å². The minimum Gasteiger partial charge on any atom is -0.462 e. The molecule has 0 aromatic carbocycles. The number of hydrogen-bond donors (Lipinski definition) is 3. The van der Waals surface area contributed by atoms with Crippen LogP contribution in [0.25, 0.3) is 0 Å². The summed E-state index contributed by atoms with van der Waals surface area (Å²) in [6.07, 6.45) is 55.0. The Balaban J connectivity index is 4.57. The van der Waals surface area contributed by atoms with Gasteiger partial charge in [0.1, 0.15) is 6.10 Å². The molecule has 0 spiro atoms. The van der Waals surface area contributed by atoms with Crippen LogP contribution in [0.1, 0.15) is 265 Å². The number of nitrogens with one attached hydrogen (secondary N) is 1. The van der Waals surface area contributed by atoms with Crippen molar-refractivity contribution in [2.45, 2.75) is 283 Å². The maximum atomic E-state index is 13.2. The number of carbonyl (C=O) groups excluding carboxylic acids is 2. The first kappa shape index (κ1) is 57.1. The van der Waals surface area contributed by atoms with Gasteiger partial charge in [-0.1, -0.05) is 231 Å². The molecule has 0 saturated heterocycles. The third-order valence-corrected chi connectivity index (χ3v) is 11.7. The fraction of sp³-hybridized carbons (Fsp3) is 0.849. The molecule has 0 bridgehead atoms. The maximum Gasteiger partial charge on any atom is 0.306 e. The van der Waals surface area contributed by atoms with Crippen molar-refractivity contribution in [2.75, 3.05) is 6.61 Å². The van der Waals surface area contributed by atoms with Gasteiger partial charge in [0.2, 0.25) is 5.91 Å². The van der Waals surface area contributed by atoms with E-state index in [0.717, 1.165) is 83.5 Å². The van der Waals surface area contributed by atoms with Crippen molar-refractivity contribution in [1.29, 1.82) is 0 Å². The minimum absolute atomic E-state index is 0.0722. The summed E-state index contributed by atoms with van der Waals surface area (Å²) in [5.74, 6) is -0.490. The first-order chi connectivity index (χ1) is 29.0. The average Bonchev–Trinajstić information content (AvgIpc) is 3.23. The van der Waals surface area contributed by atoms with Crippen LogP contribution in [0.3, 0.4) is 0 Å². The first-order valence-electron chi connectivity index (χ1n) is 25.7. The van der Waals surface area contributed by atoms with E-state index in [1.165, 1.54) is 135 Å². The van der Waals surface area contributed by atoms with Gasteiger partial charge in [0.05, 0.1) is 25.2 Å². The maximum absolute atomic E-state index is 13.2. The number of esters is 1. The molecule has 346 valence electrons. The number of rotatable bonds is 46. The van der Waals surface area contributed by atoms with E-state index in [-0.39, 0.29) is 24.9 Å². The molecule has 0 aliphatic carbocycles. The second-order valence-corrected chi connectivity index (χ2v) is 17.5. The lowest BCUT2D eigenvalue weighted by Gasteiger charge is -2.24. The predicted molar refractivity (Wildman–Crippen MR) is 255 cm³/mol. The number of aliphatic hydroxyl groups excluding tert-OH is 2. The zero-order valence-electron chi connectivity index (χ0n) is 39.4. The summed E-state index contributed by atoms with van der Waals surface area (Å²) in [5.41, 5.74) is 0. The number of ether oxygens (including phenoxy) is 1. The van der Waals surface area contributed by atoms with E-state index in [9.17, 15) is 19.8 Å². The fourth-order valence-corrected chi connectivity index (χ4v) is 7.86. The molecule has 0 radical (unpaired) electrons. The van der Waals surface area contributed by atoms with Crippen LogP contribution in [0.5, 0.6) is 0 Å². The summed E-state index contributed by atoms with van der Waals surface area (Å²) in [6, 6.07) is -0.701. The lowest BCUT2D eigenvalue weighted by molar-refractivity contribution is -0.151. The summed E-state index contributed by atoms with van der Waals surface area (Å²) < 4.78 is 5.93. The number of carbonyl (C=O) groups is 2. The van der Waals surface area contributed by atoms with Crippen molar-refractivity contribution in [3.05, 3.63) is 36.5 Å². The van der Waals surface area contributed by atoms with E-state index in [1.807, 2.05) is 0 Å². The second-order valence-electron chi connectivity index (χ2n) is 17.5. The Kier molecular flexibility index (Phi) is 45.6. The van der Waals surface area contributed by atoms with Gasteiger partial charge in [0, 0.05) is 6.42 Å². The van der Waals surface area contributed by atoms with Crippen molar-refractivity contribution < 1.29 is 24.5 Å². The highest BCUT2D eigenvalue weighted by Gasteiger charge is 2.24. The van der Waals surface area contributed by atoms with E-state index in [0.29, 0.717) is 19.3 Å². The van der Waals surface area contributed by atoms with Crippen LogP contribution < -0.4 is 5.32 Å². The Labute approximate surface area is 366 Å². The Morgan fingerprint density at radius 3 is 1.39 bits per heavy atom. The van der Waals surface area contributed by atoms with Crippen LogP contribution in [0.2, 0.25) is 0 Å². The van der Waals surface area contributed by atoms with Gasteiger partial charge in [0.15, 0.2) is 0 Å². The Morgan fingerprint density at radius 1 is 0.508 bits per heavy atom. The lowest BCUT2D eigenvalue weighted by atomic mass is 10.0. The number of aliphatic hydroxyl groups is 2. The molecule has 0 aromatic heterocycles. The van der Waals surface area contributed by atoms with Gasteiger partial charge < -0.3 is 20.3 Å². The van der Waals surface area contributed by atoms with Crippen LogP contribution >= 0.6 is 0 Å². The third kappa shape index (κ3) is 42.6. The standard InChI is InChI=1S/C53H99NO5/c1-4-7-10-13-16-19-21-23-25-26-27-28-30-33-35-38-41-44-49(59-53(58)46-43-40-37-34-31-29-24-22-20-17-14-11-8-5-2)47-52(57)54-50(48-55)51(56)45-42-39-36-32-18-15-12-9-6-3/h8,11,17,20,24,29,49-51,55-56H,4-7,9-10,12-16,18-19,21-23,25-28,30-48H2,1-3H3,(H,54,57)/b11-8+,20-17+,29-24+. The van der Waals surface area contributed by atoms with Crippen molar-refractivity contribution in [3.8, 4) is 0 Å². The third-order valence-electron chi connectivity index (χ3n) is 11.7. The van der Waals surface area contributed by atoms with Crippen molar-refractivity contribution in [1.82, 2.24) is 5.32 Å². The van der Waals surface area contributed by atoms with E-state index in [2.05, 4.69) is 62.5 Å². The van der Waals surface area contributed by atoms with Crippen LogP contribution in [0.4, 0.5) is 0 Å². The summed E-state index contributed by atoms with van der Waals surface area (Å²) in [6.45, 7) is 6.36. The van der Waals surface area contributed by atoms with Crippen molar-refractivity contribution in [3.63, 3.8) is 0 Å². The van der Waals surface area contributed by atoms with Crippen LogP contribution in [-0.4, -0.2) is 46.9 Å². The zero-order chi connectivity index (χ0) is 43.1. The van der Waals surface area contributed by atoms with Gasteiger partial charge in [-0.05, 0) is 57.8 Å². The molecule has 0 aliphatic heterocycles. The van der Waals surface area contributed by atoms with E-state index >= 15 is 0 Å². The molecule has 3 N–H and O–H groups in total. The molecule has 0 rings (SSSR count). The summed E-state index contributed by atoms with van der Waals surface area (Å²) in [4.78, 5) is 26.1. The van der Waals surface area contributed by atoms with Crippen LogP contribution in [0, 0.1) is 0 Å². The summed E-state index contributed by atoms with van der Waals surface area (Å²) in [7, 11) is 0. The summed E-state index contributed by atoms with van der Waals surface area (Å²) in [5, 5.41) is 23.7. The molecular weight excluding hydrogens is 731 g/mol. The number of allylic oxidation sites excluding steroid dienone is 6. The molecule has 6 heteroatoms. The van der Waals surface area contributed by atoms with Crippen molar-refractivity contribution in [2.24, 2.45) is 0 Å². The smallest absolute Gasteiger partial charge is 0.306 e. The molecule has 3 atom stereocenters. The van der Waals surface area contributed by atoms with Gasteiger partial charge in [-0.25, -0.2) is 0 Å². The molecule has 0 aromatic rings. The number of unbranched alkanes of at least 4 members (excludes halogenated alkanes) is 28. The monoisotopic (exact) mass is 830 g/mol. The highest BCUT2D eigenvalue weighted by Crippen LogP contribution is 2.18. The van der Waals surface area contributed by atoms with Gasteiger partial charge >= 0.3 is 5.97 Å². The highest BCUT2D eigenvalue weighted by molar-refractivity contribution is 5.77. The molecule has 6 nitrogen and oxygen atoms in total. The van der Waals surface area contributed by atoms with E-state index in [4.69, 9.17) is 4.74 Å².